The Morgan fingerprint density at radius 2 is 2.13 bits per heavy atom. The molecule has 2 heterocycles. The molecule has 1 fully saturated rings. The number of nitrogens with one attached hydrogen (secondary N) is 1. The van der Waals surface area contributed by atoms with Crippen molar-refractivity contribution >= 4 is 16.6 Å². The number of hydrogen-bond acceptors (Lipinski definition) is 6. The third-order valence-corrected chi connectivity index (χ3v) is 3.93. The Morgan fingerprint density at radius 3 is 2.91 bits per heavy atom. The molecular weight excluding hydrogens is 292 g/mol. The molecule has 3 rings (SSSR count). The van der Waals surface area contributed by atoms with Crippen molar-refractivity contribution in [1.82, 2.24) is 9.88 Å². The maximum Gasteiger partial charge on any atom is 0.143 e. The molecule has 2 aromatic rings. The Bertz CT molecular complexity index is 707. The average molecular weight is 312 g/mol. The summed E-state index contributed by atoms with van der Waals surface area (Å²) < 4.78 is 5.31. The highest BCUT2D eigenvalue weighted by Crippen LogP contribution is 2.22. The first-order valence-electron chi connectivity index (χ1n) is 7.78. The molecule has 1 unspecified atom stereocenters. The van der Waals surface area contributed by atoms with E-state index in [1.165, 1.54) is 0 Å². The second kappa shape index (κ2) is 7.38. The van der Waals surface area contributed by atoms with Crippen LogP contribution in [0.5, 0.6) is 0 Å². The van der Waals surface area contributed by atoms with Gasteiger partial charge < -0.3 is 15.2 Å². The van der Waals surface area contributed by atoms with Crippen LogP contribution in [0.3, 0.4) is 0 Å². The number of β-amino-alcohol motifs (C(OH)–C–C–N with tert-alkyl or cyclic N) is 1. The summed E-state index contributed by atoms with van der Waals surface area (Å²) in [5, 5.41) is 23.5. The number of rotatable bonds is 5. The lowest BCUT2D eigenvalue weighted by Crippen LogP contribution is -2.42. The van der Waals surface area contributed by atoms with E-state index in [0.717, 1.165) is 42.9 Å². The summed E-state index contributed by atoms with van der Waals surface area (Å²) in [6.45, 7) is 4.20. The van der Waals surface area contributed by atoms with E-state index in [1.54, 1.807) is 6.07 Å². The minimum absolute atomic E-state index is 0.369. The lowest BCUT2D eigenvalue weighted by molar-refractivity contribution is 0.0171. The van der Waals surface area contributed by atoms with Crippen LogP contribution in [-0.2, 0) is 4.74 Å². The van der Waals surface area contributed by atoms with Gasteiger partial charge in [0.2, 0.25) is 0 Å². The van der Waals surface area contributed by atoms with Crippen LogP contribution in [0.4, 0.5) is 5.69 Å². The number of aliphatic hydroxyl groups is 1. The zero-order chi connectivity index (χ0) is 16.1. The summed E-state index contributed by atoms with van der Waals surface area (Å²) in [6.07, 6.45) is -0.481. The fourth-order valence-electron chi connectivity index (χ4n) is 2.75. The van der Waals surface area contributed by atoms with Crippen LogP contribution in [0.25, 0.3) is 10.9 Å². The molecule has 1 aromatic carbocycles. The number of ether oxygens (including phenoxy) is 1. The molecule has 0 saturated carbocycles. The topological polar surface area (TPSA) is 81.4 Å². The monoisotopic (exact) mass is 312 g/mol. The number of nitrogens with zero attached hydrogens (tertiary/aromatic N) is 3. The fraction of sp³-hybridized carbons (Fsp3) is 0.412. The molecule has 0 amide bonds. The smallest absolute Gasteiger partial charge is 0.143 e. The first-order chi connectivity index (χ1) is 11.3. The zero-order valence-electron chi connectivity index (χ0n) is 12.9. The molecule has 0 bridgehead atoms. The van der Waals surface area contributed by atoms with E-state index in [0.29, 0.717) is 18.8 Å². The van der Waals surface area contributed by atoms with Gasteiger partial charge in [-0.25, -0.2) is 4.98 Å². The Hall–Kier alpha value is -2.20. The van der Waals surface area contributed by atoms with Crippen molar-refractivity contribution in [2.75, 3.05) is 44.7 Å². The second-order valence-electron chi connectivity index (χ2n) is 5.63. The molecule has 120 valence electrons. The molecule has 23 heavy (non-hydrogen) atoms. The van der Waals surface area contributed by atoms with Gasteiger partial charge in [0.05, 0.1) is 24.8 Å². The van der Waals surface area contributed by atoms with Crippen molar-refractivity contribution in [2.45, 2.75) is 6.10 Å². The van der Waals surface area contributed by atoms with Crippen molar-refractivity contribution in [1.29, 1.82) is 5.26 Å². The molecular formula is C17H20N4O2. The lowest BCUT2D eigenvalue weighted by atomic mass is 10.1. The SMILES string of the molecule is N#Cc1cc(NCC(O)CN2CCOCC2)c2ccccc2n1. The third-order valence-electron chi connectivity index (χ3n) is 3.93. The van der Waals surface area contributed by atoms with E-state index in [-0.39, 0.29) is 0 Å². The average Bonchev–Trinajstić information content (AvgIpc) is 2.60. The Balaban J connectivity index is 1.67. The van der Waals surface area contributed by atoms with E-state index in [4.69, 9.17) is 10.00 Å². The maximum absolute atomic E-state index is 10.2. The third kappa shape index (κ3) is 3.96. The second-order valence-corrected chi connectivity index (χ2v) is 5.63. The quantitative estimate of drug-likeness (QED) is 0.864. The highest BCUT2D eigenvalue weighted by molar-refractivity contribution is 5.91. The summed E-state index contributed by atoms with van der Waals surface area (Å²) in [6, 6.07) is 11.5. The van der Waals surface area contributed by atoms with Crippen LogP contribution in [-0.4, -0.2) is 60.5 Å². The van der Waals surface area contributed by atoms with E-state index >= 15 is 0 Å². The highest BCUT2D eigenvalue weighted by atomic mass is 16.5. The summed E-state index contributed by atoms with van der Waals surface area (Å²) >= 11 is 0. The van der Waals surface area contributed by atoms with Crippen LogP contribution in [0.2, 0.25) is 0 Å². The van der Waals surface area contributed by atoms with Crippen LogP contribution < -0.4 is 5.32 Å². The van der Waals surface area contributed by atoms with Crippen LogP contribution in [0, 0.1) is 11.3 Å². The highest BCUT2D eigenvalue weighted by Gasteiger charge is 2.15. The Morgan fingerprint density at radius 1 is 1.35 bits per heavy atom. The number of aliphatic hydroxyl groups excluding tert-OH is 1. The van der Waals surface area contributed by atoms with Gasteiger partial charge in [-0.05, 0) is 12.1 Å². The molecule has 6 nitrogen and oxygen atoms in total. The standard InChI is InChI=1S/C17H20N4O2/c18-10-13-9-17(15-3-1-2-4-16(15)20-13)19-11-14(22)12-21-5-7-23-8-6-21/h1-4,9,14,22H,5-8,11-12H2,(H,19,20). The van der Waals surface area contributed by atoms with Gasteiger partial charge in [-0.3, -0.25) is 4.90 Å². The number of pyridine rings is 1. The first-order valence-corrected chi connectivity index (χ1v) is 7.78. The van der Waals surface area contributed by atoms with Crippen molar-refractivity contribution < 1.29 is 9.84 Å². The molecule has 6 heteroatoms. The predicted molar refractivity (Wildman–Crippen MR) is 88.2 cm³/mol. The van der Waals surface area contributed by atoms with Gasteiger partial charge in [0.25, 0.3) is 0 Å². The zero-order valence-corrected chi connectivity index (χ0v) is 12.9. The number of aromatic nitrogens is 1. The van der Waals surface area contributed by atoms with E-state index < -0.39 is 6.10 Å². The Labute approximate surface area is 135 Å². The molecule has 0 aliphatic carbocycles. The molecule has 1 atom stereocenters. The summed E-state index contributed by atoms with van der Waals surface area (Å²) in [5.74, 6) is 0. The fourth-order valence-corrected chi connectivity index (χ4v) is 2.75. The summed E-state index contributed by atoms with van der Waals surface area (Å²) in [4.78, 5) is 6.48. The largest absolute Gasteiger partial charge is 0.390 e. The molecule has 0 radical (unpaired) electrons. The predicted octanol–water partition coefficient (Wildman–Crippen LogP) is 1.21. The number of fused-ring (bicyclic) bond motifs is 1. The number of benzene rings is 1. The molecule has 1 aliphatic heterocycles. The number of morpholine rings is 1. The molecule has 1 aliphatic rings. The number of nitriles is 1. The maximum atomic E-state index is 10.2. The van der Waals surface area contributed by atoms with Gasteiger partial charge in [0.15, 0.2) is 0 Å². The van der Waals surface area contributed by atoms with E-state index in [2.05, 4.69) is 21.3 Å². The summed E-state index contributed by atoms with van der Waals surface area (Å²) in [5.41, 5.74) is 1.97. The van der Waals surface area contributed by atoms with Crippen molar-refractivity contribution in [3.05, 3.63) is 36.0 Å². The van der Waals surface area contributed by atoms with Gasteiger partial charge in [-0.1, -0.05) is 18.2 Å². The van der Waals surface area contributed by atoms with Gasteiger partial charge in [0, 0.05) is 37.3 Å². The molecule has 1 aromatic heterocycles. The van der Waals surface area contributed by atoms with Crippen LogP contribution >= 0.6 is 0 Å². The van der Waals surface area contributed by atoms with Crippen molar-refractivity contribution in [2.24, 2.45) is 0 Å². The van der Waals surface area contributed by atoms with Gasteiger partial charge in [-0.15, -0.1) is 0 Å². The minimum Gasteiger partial charge on any atom is -0.390 e. The minimum atomic E-state index is -0.481. The molecule has 0 spiro atoms. The van der Waals surface area contributed by atoms with Crippen molar-refractivity contribution in [3.63, 3.8) is 0 Å². The summed E-state index contributed by atoms with van der Waals surface area (Å²) in [7, 11) is 0. The van der Waals surface area contributed by atoms with Gasteiger partial charge in [0.1, 0.15) is 11.8 Å². The molecule has 2 N–H and O–H groups in total. The van der Waals surface area contributed by atoms with Crippen LogP contribution in [0.15, 0.2) is 30.3 Å². The molecule has 1 saturated heterocycles. The van der Waals surface area contributed by atoms with Crippen molar-refractivity contribution in [3.8, 4) is 6.07 Å². The number of anilines is 1. The number of hydrogen-bond donors (Lipinski definition) is 2. The van der Waals surface area contributed by atoms with Crippen LogP contribution in [0.1, 0.15) is 5.69 Å². The lowest BCUT2D eigenvalue weighted by Gasteiger charge is -2.28. The Kier molecular flexibility index (Phi) is 5.03. The normalized spacial score (nSPS) is 16.9. The van der Waals surface area contributed by atoms with E-state index in [1.807, 2.05) is 24.3 Å². The first kappa shape index (κ1) is 15.7. The van der Waals surface area contributed by atoms with Gasteiger partial charge in [-0.2, -0.15) is 5.26 Å². The van der Waals surface area contributed by atoms with E-state index in [9.17, 15) is 5.11 Å². The number of para-hydroxylation sites is 1. The van der Waals surface area contributed by atoms with Gasteiger partial charge >= 0.3 is 0 Å².